The molecule has 2 aromatic rings. The molecule has 1 aliphatic rings. The van der Waals surface area contributed by atoms with Gasteiger partial charge in [0.15, 0.2) is 5.76 Å². The molecular weight excluding hydrogens is 308 g/mol. The van der Waals surface area contributed by atoms with Crippen molar-refractivity contribution in [1.29, 1.82) is 0 Å². The van der Waals surface area contributed by atoms with E-state index >= 15 is 0 Å². The molecule has 0 bridgehead atoms. The van der Waals surface area contributed by atoms with Crippen LogP contribution >= 0.6 is 0 Å². The first-order valence-corrected chi connectivity index (χ1v) is 8.95. The van der Waals surface area contributed by atoms with Crippen LogP contribution in [0.5, 0.6) is 0 Å². The average molecular weight is 326 g/mol. The van der Waals surface area contributed by atoms with Gasteiger partial charge in [0.1, 0.15) is 0 Å². The van der Waals surface area contributed by atoms with Crippen LogP contribution in [0.2, 0.25) is 0 Å². The first-order chi connectivity index (χ1) is 10.5. The lowest BCUT2D eigenvalue weighted by Crippen LogP contribution is -2.47. The maximum absolute atomic E-state index is 11.3. The van der Waals surface area contributed by atoms with Gasteiger partial charge >= 0.3 is 0 Å². The molecule has 3 heterocycles. The highest BCUT2D eigenvalue weighted by Crippen LogP contribution is 2.18. The normalized spacial score (nSPS) is 20.3. The van der Waals surface area contributed by atoms with Gasteiger partial charge in [-0.25, -0.2) is 13.1 Å². The Morgan fingerprint density at radius 2 is 2.36 bits per heavy atom. The lowest BCUT2D eigenvalue weighted by Gasteiger charge is -2.31. The maximum Gasteiger partial charge on any atom is 0.241 e. The molecule has 0 radical (unpaired) electrons. The Kier molecular flexibility index (Phi) is 4.27. The van der Waals surface area contributed by atoms with E-state index in [1.807, 2.05) is 0 Å². The first-order valence-electron chi connectivity index (χ1n) is 7.06. The monoisotopic (exact) mass is 326 g/mol. The third-order valence-electron chi connectivity index (χ3n) is 3.45. The minimum atomic E-state index is -3.19. The molecule has 1 N–H and O–H groups in total. The number of aromatic nitrogens is 2. The highest BCUT2D eigenvalue weighted by atomic mass is 32.2. The highest BCUT2D eigenvalue weighted by Gasteiger charge is 2.24. The number of hydrogen-bond donors (Lipinski definition) is 1. The summed E-state index contributed by atoms with van der Waals surface area (Å²) < 4.78 is 35.7. The number of furan rings is 1. The van der Waals surface area contributed by atoms with E-state index in [1.165, 1.54) is 6.26 Å². The zero-order chi connectivity index (χ0) is 15.6. The summed E-state index contributed by atoms with van der Waals surface area (Å²) in [5.41, 5.74) is 0. The molecule has 0 spiro atoms. The molecule has 0 aliphatic carbocycles. The van der Waals surface area contributed by atoms with Gasteiger partial charge < -0.3 is 8.94 Å². The van der Waals surface area contributed by atoms with Crippen LogP contribution in [0, 0.1) is 0 Å². The molecular formula is C13H18N4O4S. The quantitative estimate of drug-likeness (QED) is 0.868. The van der Waals surface area contributed by atoms with Crippen molar-refractivity contribution in [2.24, 2.45) is 0 Å². The second-order valence-corrected chi connectivity index (χ2v) is 7.23. The van der Waals surface area contributed by atoms with Crippen molar-refractivity contribution in [3.8, 4) is 11.6 Å². The van der Waals surface area contributed by atoms with E-state index in [0.29, 0.717) is 30.6 Å². The zero-order valence-electron chi connectivity index (χ0n) is 12.2. The van der Waals surface area contributed by atoms with Gasteiger partial charge in [-0.1, -0.05) is 5.16 Å². The third-order valence-corrected chi connectivity index (χ3v) is 4.22. The fraction of sp³-hybridized carbons (Fsp3) is 0.538. The fourth-order valence-electron chi connectivity index (χ4n) is 2.61. The Bertz CT molecular complexity index is 710. The van der Waals surface area contributed by atoms with Gasteiger partial charge in [0.25, 0.3) is 0 Å². The van der Waals surface area contributed by atoms with Gasteiger partial charge in [-0.3, -0.25) is 4.90 Å². The Morgan fingerprint density at radius 3 is 3.09 bits per heavy atom. The molecule has 0 aromatic carbocycles. The molecule has 0 amide bonds. The van der Waals surface area contributed by atoms with Crippen molar-refractivity contribution in [2.45, 2.75) is 25.4 Å². The van der Waals surface area contributed by atoms with Crippen LogP contribution < -0.4 is 4.72 Å². The van der Waals surface area contributed by atoms with E-state index in [9.17, 15) is 8.42 Å². The van der Waals surface area contributed by atoms with Crippen LogP contribution in [-0.2, 0) is 16.6 Å². The van der Waals surface area contributed by atoms with Crippen LogP contribution in [0.4, 0.5) is 0 Å². The summed E-state index contributed by atoms with van der Waals surface area (Å²) in [6.07, 6.45) is 4.49. The first kappa shape index (κ1) is 15.2. The summed E-state index contributed by atoms with van der Waals surface area (Å²) >= 11 is 0. The number of nitrogens with zero attached hydrogens (tertiary/aromatic N) is 3. The Labute approximate surface area is 128 Å². The number of nitrogens with one attached hydrogen (secondary N) is 1. The Hall–Kier alpha value is -1.71. The van der Waals surface area contributed by atoms with E-state index in [2.05, 4.69) is 19.8 Å². The number of sulfonamides is 1. The average Bonchev–Trinajstić information content (AvgIpc) is 3.07. The number of likely N-dealkylation sites (tertiary alicyclic amines) is 1. The van der Waals surface area contributed by atoms with Crippen molar-refractivity contribution in [1.82, 2.24) is 19.8 Å². The molecule has 3 rings (SSSR count). The topological polar surface area (TPSA) is 101 Å². The summed E-state index contributed by atoms with van der Waals surface area (Å²) in [7, 11) is -3.19. The molecule has 0 saturated carbocycles. The molecule has 8 nitrogen and oxygen atoms in total. The second kappa shape index (κ2) is 6.19. The van der Waals surface area contributed by atoms with Crippen LogP contribution in [0.1, 0.15) is 18.7 Å². The number of rotatable bonds is 5. The fourth-order valence-corrected chi connectivity index (χ4v) is 3.41. The standard InChI is InChI=1S/C13H18N4O4S/c1-22(18,19)16-10-4-2-6-17(8-10)9-12-14-13(15-21-12)11-5-3-7-20-11/h3,5,7,10,16H,2,4,6,8-9H2,1H3. The molecule has 1 atom stereocenters. The molecule has 1 fully saturated rings. The molecule has 1 aliphatic heterocycles. The van der Waals surface area contributed by atoms with Gasteiger partial charge in [-0.2, -0.15) is 4.98 Å². The van der Waals surface area contributed by atoms with Crippen molar-refractivity contribution in [3.63, 3.8) is 0 Å². The number of hydrogen-bond acceptors (Lipinski definition) is 7. The van der Waals surface area contributed by atoms with Crippen LogP contribution in [0.25, 0.3) is 11.6 Å². The molecule has 9 heteroatoms. The summed E-state index contributed by atoms with van der Waals surface area (Å²) in [6.45, 7) is 2.00. The summed E-state index contributed by atoms with van der Waals surface area (Å²) in [5.74, 6) is 1.47. The maximum atomic E-state index is 11.3. The lowest BCUT2D eigenvalue weighted by molar-refractivity contribution is 0.173. The summed E-state index contributed by atoms with van der Waals surface area (Å²) in [6, 6.07) is 3.45. The third kappa shape index (κ3) is 3.93. The minimum Gasteiger partial charge on any atom is -0.461 e. The predicted molar refractivity (Wildman–Crippen MR) is 78.3 cm³/mol. The van der Waals surface area contributed by atoms with E-state index in [1.54, 1.807) is 18.4 Å². The summed E-state index contributed by atoms with van der Waals surface area (Å²) in [5, 5.41) is 3.88. The van der Waals surface area contributed by atoms with E-state index in [4.69, 9.17) is 8.94 Å². The smallest absolute Gasteiger partial charge is 0.241 e. The zero-order valence-corrected chi connectivity index (χ0v) is 13.0. The highest BCUT2D eigenvalue weighted by molar-refractivity contribution is 7.88. The van der Waals surface area contributed by atoms with E-state index < -0.39 is 10.0 Å². The SMILES string of the molecule is CS(=O)(=O)NC1CCCN(Cc2nc(-c3ccco3)no2)C1. The Morgan fingerprint density at radius 1 is 1.50 bits per heavy atom. The lowest BCUT2D eigenvalue weighted by atomic mass is 10.1. The summed E-state index contributed by atoms with van der Waals surface area (Å²) in [4.78, 5) is 6.40. The van der Waals surface area contributed by atoms with Gasteiger partial charge in [0, 0.05) is 12.6 Å². The predicted octanol–water partition coefficient (Wildman–Crippen LogP) is 0.843. The van der Waals surface area contributed by atoms with E-state index in [0.717, 1.165) is 19.4 Å². The van der Waals surface area contributed by atoms with Gasteiger partial charge in [-0.15, -0.1) is 0 Å². The van der Waals surface area contributed by atoms with Crippen LogP contribution in [-0.4, -0.2) is 48.8 Å². The molecule has 2 aromatic heterocycles. The van der Waals surface area contributed by atoms with Crippen molar-refractivity contribution >= 4 is 10.0 Å². The van der Waals surface area contributed by atoms with Crippen molar-refractivity contribution < 1.29 is 17.4 Å². The molecule has 1 unspecified atom stereocenters. The van der Waals surface area contributed by atoms with Gasteiger partial charge in [0.05, 0.1) is 19.1 Å². The number of piperidine rings is 1. The van der Waals surface area contributed by atoms with Crippen LogP contribution in [0.3, 0.4) is 0 Å². The second-order valence-electron chi connectivity index (χ2n) is 5.45. The Balaban J connectivity index is 1.61. The largest absolute Gasteiger partial charge is 0.461 e. The molecule has 22 heavy (non-hydrogen) atoms. The molecule has 1 saturated heterocycles. The minimum absolute atomic E-state index is 0.0729. The van der Waals surface area contributed by atoms with Crippen LogP contribution in [0.15, 0.2) is 27.3 Å². The van der Waals surface area contributed by atoms with Crippen molar-refractivity contribution in [2.75, 3.05) is 19.3 Å². The van der Waals surface area contributed by atoms with E-state index in [-0.39, 0.29) is 6.04 Å². The molecule has 120 valence electrons. The van der Waals surface area contributed by atoms with Gasteiger partial charge in [-0.05, 0) is 31.5 Å². The van der Waals surface area contributed by atoms with Gasteiger partial charge in [0.2, 0.25) is 21.7 Å². The van der Waals surface area contributed by atoms with Crippen molar-refractivity contribution in [3.05, 3.63) is 24.3 Å².